The summed E-state index contributed by atoms with van der Waals surface area (Å²) in [5.41, 5.74) is 1.56. The van der Waals surface area contributed by atoms with E-state index < -0.39 is 22.0 Å². The van der Waals surface area contributed by atoms with Gasteiger partial charge in [-0.15, -0.1) is 0 Å². The zero-order valence-corrected chi connectivity index (χ0v) is 19.1. The SMILES string of the molecule is COc1ccc(S(=O)(=O)N[C@H](C)C(=O)Nc2ccc(OCc3ccccc3)cc2)cc1Cl. The van der Waals surface area contributed by atoms with Gasteiger partial charge in [-0.3, -0.25) is 4.79 Å². The number of halogens is 1. The second kappa shape index (κ2) is 10.5. The zero-order chi connectivity index (χ0) is 23.1. The van der Waals surface area contributed by atoms with Gasteiger partial charge in [0.2, 0.25) is 15.9 Å². The third kappa shape index (κ3) is 6.23. The van der Waals surface area contributed by atoms with E-state index >= 15 is 0 Å². The molecule has 0 radical (unpaired) electrons. The Hall–Kier alpha value is -3.07. The smallest absolute Gasteiger partial charge is 0.242 e. The Morgan fingerprint density at radius 1 is 1.03 bits per heavy atom. The molecule has 32 heavy (non-hydrogen) atoms. The molecule has 3 aromatic carbocycles. The average Bonchev–Trinajstić information content (AvgIpc) is 2.79. The first-order valence-electron chi connectivity index (χ1n) is 9.72. The van der Waals surface area contributed by atoms with Gasteiger partial charge in [0.05, 0.1) is 23.1 Å². The number of amides is 1. The molecule has 0 bridgehead atoms. The number of hydrogen-bond acceptors (Lipinski definition) is 5. The van der Waals surface area contributed by atoms with Crippen molar-refractivity contribution in [3.63, 3.8) is 0 Å². The van der Waals surface area contributed by atoms with Gasteiger partial charge >= 0.3 is 0 Å². The van der Waals surface area contributed by atoms with E-state index in [2.05, 4.69) is 10.0 Å². The van der Waals surface area contributed by atoms with Crippen molar-refractivity contribution in [3.8, 4) is 11.5 Å². The topological polar surface area (TPSA) is 93.7 Å². The highest BCUT2D eigenvalue weighted by molar-refractivity contribution is 7.89. The summed E-state index contributed by atoms with van der Waals surface area (Å²) >= 11 is 6.01. The molecule has 0 spiro atoms. The fraction of sp³-hybridized carbons (Fsp3) is 0.174. The predicted octanol–water partition coefficient (Wildman–Crippen LogP) is 4.23. The first kappa shape index (κ1) is 23.6. The molecule has 0 saturated heterocycles. The highest BCUT2D eigenvalue weighted by Gasteiger charge is 2.23. The van der Waals surface area contributed by atoms with E-state index in [0.717, 1.165) is 5.56 Å². The molecule has 3 aromatic rings. The molecule has 0 aliphatic heterocycles. The summed E-state index contributed by atoms with van der Waals surface area (Å²) in [5.74, 6) is 0.496. The Bertz CT molecular complexity index is 1170. The van der Waals surface area contributed by atoms with Crippen molar-refractivity contribution < 1.29 is 22.7 Å². The van der Waals surface area contributed by atoms with E-state index in [4.69, 9.17) is 21.1 Å². The molecular weight excluding hydrogens is 452 g/mol. The minimum absolute atomic E-state index is 0.0668. The minimum Gasteiger partial charge on any atom is -0.495 e. The summed E-state index contributed by atoms with van der Waals surface area (Å²) in [7, 11) is -2.52. The second-order valence-electron chi connectivity index (χ2n) is 6.93. The van der Waals surface area contributed by atoms with E-state index in [9.17, 15) is 13.2 Å². The standard InChI is InChI=1S/C23H23ClN2O5S/c1-16(26-32(28,29)20-12-13-22(30-2)21(24)14-20)23(27)25-18-8-10-19(11-9-18)31-15-17-6-4-3-5-7-17/h3-14,16,26H,15H2,1-2H3,(H,25,27)/t16-/m1/s1. The van der Waals surface area contributed by atoms with Crippen LogP contribution in [-0.2, 0) is 21.4 Å². The fourth-order valence-corrected chi connectivity index (χ4v) is 4.35. The van der Waals surface area contributed by atoms with Crippen LogP contribution >= 0.6 is 11.6 Å². The van der Waals surface area contributed by atoms with Gasteiger partial charge in [-0.1, -0.05) is 41.9 Å². The maximum absolute atomic E-state index is 12.6. The van der Waals surface area contributed by atoms with Crippen LogP contribution in [0.25, 0.3) is 0 Å². The van der Waals surface area contributed by atoms with Gasteiger partial charge in [-0.05, 0) is 55.0 Å². The number of ether oxygens (including phenoxy) is 2. The van der Waals surface area contributed by atoms with E-state index in [1.807, 2.05) is 30.3 Å². The number of nitrogens with one attached hydrogen (secondary N) is 2. The Labute approximate surface area is 192 Å². The van der Waals surface area contributed by atoms with Crippen molar-refractivity contribution in [2.45, 2.75) is 24.5 Å². The van der Waals surface area contributed by atoms with Crippen molar-refractivity contribution in [1.29, 1.82) is 0 Å². The third-order valence-corrected chi connectivity index (χ3v) is 6.36. The Morgan fingerprint density at radius 2 is 1.72 bits per heavy atom. The molecule has 1 atom stereocenters. The molecule has 0 aliphatic rings. The van der Waals surface area contributed by atoms with Crippen LogP contribution in [0.2, 0.25) is 5.02 Å². The Balaban J connectivity index is 1.57. The van der Waals surface area contributed by atoms with Crippen LogP contribution in [0.1, 0.15) is 12.5 Å². The number of rotatable bonds is 9. The molecule has 0 aromatic heterocycles. The van der Waals surface area contributed by atoms with E-state index in [0.29, 0.717) is 23.8 Å². The third-order valence-electron chi connectivity index (χ3n) is 4.53. The number of carbonyl (C=O) groups is 1. The van der Waals surface area contributed by atoms with Gasteiger partial charge in [-0.2, -0.15) is 4.72 Å². The van der Waals surface area contributed by atoms with Gasteiger partial charge in [0.25, 0.3) is 0 Å². The van der Waals surface area contributed by atoms with Crippen molar-refractivity contribution in [2.24, 2.45) is 0 Å². The molecule has 168 valence electrons. The number of benzene rings is 3. The van der Waals surface area contributed by atoms with Crippen LogP contribution in [0.15, 0.2) is 77.7 Å². The largest absolute Gasteiger partial charge is 0.495 e. The zero-order valence-electron chi connectivity index (χ0n) is 17.5. The van der Waals surface area contributed by atoms with Gasteiger partial charge in [0.1, 0.15) is 18.1 Å². The van der Waals surface area contributed by atoms with Gasteiger partial charge in [0.15, 0.2) is 0 Å². The normalized spacial score (nSPS) is 12.1. The molecule has 9 heteroatoms. The van der Waals surface area contributed by atoms with Crippen LogP contribution in [0, 0.1) is 0 Å². The van der Waals surface area contributed by atoms with Crippen LogP contribution in [0.4, 0.5) is 5.69 Å². The lowest BCUT2D eigenvalue weighted by Crippen LogP contribution is -2.41. The van der Waals surface area contributed by atoms with E-state index in [-0.39, 0.29) is 9.92 Å². The van der Waals surface area contributed by atoms with Crippen molar-refractivity contribution in [3.05, 3.63) is 83.4 Å². The highest BCUT2D eigenvalue weighted by Crippen LogP contribution is 2.27. The van der Waals surface area contributed by atoms with Crippen LogP contribution in [0.3, 0.4) is 0 Å². The van der Waals surface area contributed by atoms with Gasteiger partial charge in [-0.25, -0.2) is 8.42 Å². The Kier molecular flexibility index (Phi) is 7.74. The molecule has 0 heterocycles. The molecule has 0 unspecified atom stereocenters. The van der Waals surface area contributed by atoms with Crippen molar-refractivity contribution in [2.75, 3.05) is 12.4 Å². The first-order chi connectivity index (χ1) is 15.3. The molecule has 2 N–H and O–H groups in total. The van der Waals surface area contributed by atoms with Crippen LogP contribution in [-0.4, -0.2) is 27.5 Å². The second-order valence-corrected chi connectivity index (χ2v) is 9.05. The monoisotopic (exact) mass is 474 g/mol. The van der Waals surface area contributed by atoms with Crippen LogP contribution < -0.4 is 19.5 Å². The van der Waals surface area contributed by atoms with Gasteiger partial charge in [0, 0.05) is 5.69 Å². The number of sulfonamides is 1. The first-order valence-corrected chi connectivity index (χ1v) is 11.6. The lowest BCUT2D eigenvalue weighted by atomic mass is 10.2. The number of anilines is 1. The summed E-state index contributed by atoms with van der Waals surface area (Å²) in [6.45, 7) is 1.89. The van der Waals surface area contributed by atoms with E-state index in [1.165, 1.54) is 32.2 Å². The lowest BCUT2D eigenvalue weighted by Gasteiger charge is -2.15. The van der Waals surface area contributed by atoms with Gasteiger partial charge < -0.3 is 14.8 Å². The van der Waals surface area contributed by atoms with Crippen molar-refractivity contribution in [1.82, 2.24) is 4.72 Å². The molecule has 0 saturated carbocycles. The maximum Gasteiger partial charge on any atom is 0.242 e. The summed E-state index contributed by atoms with van der Waals surface area (Å²) in [4.78, 5) is 12.4. The molecule has 0 fully saturated rings. The fourth-order valence-electron chi connectivity index (χ4n) is 2.79. The predicted molar refractivity (Wildman–Crippen MR) is 124 cm³/mol. The quantitative estimate of drug-likeness (QED) is 0.484. The minimum atomic E-state index is -3.96. The summed E-state index contributed by atoms with van der Waals surface area (Å²) < 4.78 is 38.2. The number of methoxy groups -OCH3 is 1. The van der Waals surface area contributed by atoms with E-state index in [1.54, 1.807) is 24.3 Å². The van der Waals surface area contributed by atoms with Crippen molar-refractivity contribution >= 4 is 33.2 Å². The summed E-state index contributed by atoms with van der Waals surface area (Å²) in [5, 5.41) is 2.83. The number of carbonyl (C=O) groups excluding carboxylic acids is 1. The maximum atomic E-state index is 12.6. The molecule has 3 rings (SSSR count). The molecule has 1 amide bonds. The lowest BCUT2D eigenvalue weighted by molar-refractivity contribution is -0.117. The number of hydrogen-bond donors (Lipinski definition) is 2. The summed E-state index contributed by atoms with van der Waals surface area (Å²) in [6.07, 6.45) is 0. The Morgan fingerprint density at radius 3 is 2.34 bits per heavy atom. The average molecular weight is 475 g/mol. The summed E-state index contributed by atoms with van der Waals surface area (Å²) in [6, 6.07) is 19.6. The molecule has 7 nitrogen and oxygen atoms in total. The molecule has 0 aliphatic carbocycles. The van der Waals surface area contributed by atoms with Crippen LogP contribution in [0.5, 0.6) is 11.5 Å². The molecular formula is C23H23ClN2O5S. The highest BCUT2D eigenvalue weighted by atomic mass is 35.5.